The van der Waals surface area contributed by atoms with Crippen molar-refractivity contribution in [3.63, 3.8) is 0 Å². The van der Waals surface area contributed by atoms with Crippen LogP contribution in [-0.2, 0) is 19.0 Å². The molecular formula is C18H26BrN2O8-. The minimum Gasteiger partial charge on any atom is -0.733 e. The van der Waals surface area contributed by atoms with Gasteiger partial charge in [0.15, 0.2) is 0 Å². The molecule has 0 heterocycles. The normalized spacial score (nSPS) is 11.2. The van der Waals surface area contributed by atoms with E-state index < -0.39 is 11.5 Å². The van der Waals surface area contributed by atoms with E-state index in [1.807, 2.05) is 0 Å². The highest BCUT2D eigenvalue weighted by Crippen LogP contribution is 2.36. The van der Waals surface area contributed by atoms with Crippen molar-refractivity contribution in [1.82, 2.24) is 0 Å². The van der Waals surface area contributed by atoms with Gasteiger partial charge in [0.1, 0.15) is 23.6 Å². The van der Waals surface area contributed by atoms with E-state index >= 15 is 0 Å². The Morgan fingerprint density at radius 2 is 1.72 bits per heavy atom. The summed E-state index contributed by atoms with van der Waals surface area (Å²) in [6.45, 7) is 6.37. The molecule has 0 aliphatic carbocycles. The summed E-state index contributed by atoms with van der Waals surface area (Å²) in [5.74, 6) is -1.07. The van der Waals surface area contributed by atoms with Crippen LogP contribution in [0.3, 0.4) is 0 Å². The molecule has 0 spiro atoms. The molecule has 0 fully saturated rings. The Kier molecular flexibility index (Phi) is 10.3. The molecular weight excluding hydrogens is 452 g/mol. The first-order valence-corrected chi connectivity index (χ1v) is 9.60. The van der Waals surface area contributed by atoms with Gasteiger partial charge in [-0.05, 0) is 48.8 Å². The predicted octanol–water partition coefficient (Wildman–Crippen LogP) is 2.39. The number of nitrogens with zero attached hydrogens (tertiary/aromatic N) is 1. The summed E-state index contributed by atoms with van der Waals surface area (Å²) in [4.78, 5) is 22.8. The summed E-state index contributed by atoms with van der Waals surface area (Å²) >= 11 is 3.08. The van der Waals surface area contributed by atoms with Crippen LogP contribution in [-0.4, -0.2) is 55.7 Å². The number of hydrogen-bond acceptors (Lipinski definition) is 9. The Balaban J connectivity index is 2.30. The van der Waals surface area contributed by atoms with Crippen LogP contribution >= 0.6 is 15.9 Å². The second-order valence-corrected chi connectivity index (χ2v) is 7.71. The molecule has 0 unspecified atom stereocenters. The molecule has 11 heteroatoms. The van der Waals surface area contributed by atoms with Crippen LogP contribution in [0.5, 0.6) is 5.75 Å². The van der Waals surface area contributed by atoms with E-state index in [1.165, 1.54) is 12.1 Å². The lowest BCUT2D eigenvalue weighted by Gasteiger charge is -2.26. The lowest BCUT2D eigenvalue weighted by molar-refractivity contribution is -0.156. The van der Waals surface area contributed by atoms with E-state index in [-0.39, 0.29) is 72.1 Å². The van der Waals surface area contributed by atoms with Crippen LogP contribution in [0.2, 0.25) is 0 Å². The van der Waals surface area contributed by atoms with Crippen molar-refractivity contribution in [3.8, 4) is 5.75 Å². The smallest absolute Gasteiger partial charge is 0.308 e. The third kappa shape index (κ3) is 9.90. The quantitative estimate of drug-likeness (QED) is 0.263. The Bertz CT molecular complexity index is 691. The van der Waals surface area contributed by atoms with E-state index in [9.17, 15) is 20.0 Å². The van der Waals surface area contributed by atoms with Gasteiger partial charge in [0, 0.05) is 10.0 Å². The van der Waals surface area contributed by atoms with Crippen LogP contribution in [0.15, 0.2) is 16.6 Å². The van der Waals surface area contributed by atoms with Crippen molar-refractivity contribution >= 4 is 33.5 Å². The minimum atomic E-state index is -0.711. The second kappa shape index (κ2) is 11.9. The molecule has 164 valence electrons. The van der Waals surface area contributed by atoms with Gasteiger partial charge in [-0.15, -0.1) is 0 Å². The summed E-state index contributed by atoms with van der Waals surface area (Å²) in [6.07, 6.45) is 0.154. The van der Waals surface area contributed by atoms with E-state index in [0.29, 0.717) is 0 Å². The van der Waals surface area contributed by atoms with E-state index in [1.54, 1.807) is 20.8 Å². The van der Waals surface area contributed by atoms with Gasteiger partial charge in [-0.2, -0.15) is 0 Å². The van der Waals surface area contributed by atoms with Crippen LogP contribution < -0.4 is 15.7 Å². The number of benzene rings is 1. The van der Waals surface area contributed by atoms with Gasteiger partial charge in [-0.25, -0.2) is 0 Å². The molecule has 0 atom stereocenters. The number of esters is 1. The Labute approximate surface area is 177 Å². The molecule has 0 aliphatic rings. The fourth-order valence-corrected chi connectivity index (χ4v) is 2.69. The molecule has 0 aromatic heterocycles. The van der Waals surface area contributed by atoms with Crippen molar-refractivity contribution in [3.05, 3.63) is 27.4 Å². The SMILES string of the molecule is CC(C)(C)OC(=O)CCOCCOCCOc1cc(C(N)=O)cc(Br)c1N([O-])O. The first kappa shape index (κ1) is 25.1. The highest BCUT2D eigenvalue weighted by molar-refractivity contribution is 9.10. The lowest BCUT2D eigenvalue weighted by Crippen LogP contribution is -2.24. The van der Waals surface area contributed by atoms with E-state index in [4.69, 9.17) is 24.7 Å². The van der Waals surface area contributed by atoms with Crippen molar-refractivity contribution in [1.29, 1.82) is 0 Å². The van der Waals surface area contributed by atoms with Crippen LogP contribution in [0.25, 0.3) is 0 Å². The highest BCUT2D eigenvalue weighted by Gasteiger charge is 2.16. The van der Waals surface area contributed by atoms with E-state index in [0.717, 1.165) is 0 Å². The van der Waals surface area contributed by atoms with Crippen LogP contribution in [0.4, 0.5) is 5.69 Å². The maximum atomic E-state index is 11.5. The molecule has 3 N–H and O–H groups in total. The molecule has 0 radical (unpaired) electrons. The maximum Gasteiger partial charge on any atom is 0.308 e. The molecule has 0 aliphatic heterocycles. The molecule has 1 amide bonds. The lowest BCUT2D eigenvalue weighted by atomic mass is 10.2. The summed E-state index contributed by atoms with van der Waals surface area (Å²) in [5.41, 5.74) is 4.62. The average molecular weight is 478 g/mol. The fraction of sp³-hybridized carbons (Fsp3) is 0.556. The van der Waals surface area contributed by atoms with Gasteiger partial charge in [0.2, 0.25) is 5.91 Å². The summed E-state index contributed by atoms with van der Waals surface area (Å²) < 4.78 is 21.3. The molecule has 0 saturated carbocycles. The zero-order valence-corrected chi connectivity index (χ0v) is 18.2. The number of carbonyl (C=O) groups is 2. The zero-order valence-electron chi connectivity index (χ0n) is 16.6. The van der Waals surface area contributed by atoms with Crippen molar-refractivity contribution in [2.45, 2.75) is 32.8 Å². The summed E-state index contributed by atoms with van der Waals surface area (Å²) in [6, 6.07) is 2.56. The number of nitrogens with two attached hydrogens (primary N) is 1. The first-order valence-electron chi connectivity index (χ1n) is 8.81. The highest BCUT2D eigenvalue weighted by atomic mass is 79.9. The minimum absolute atomic E-state index is 0.0251. The molecule has 1 aromatic carbocycles. The number of anilines is 1. The van der Waals surface area contributed by atoms with Gasteiger partial charge in [0.05, 0.1) is 32.8 Å². The summed E-state index contributed by atoms with van der Waals surface area (Å²) in [5, 5.41) is 20.1. The standard InChI is InChI=1S/C18H26BrN2O8/c1-18(2,3)29-15(22)4-5-26-6-7-27-8-9-28-14-11-12(17(20)23)10-13(19)16(14)21(24)25/h10-11,24H,4-9H2,1-3H3,(H2,20,23)/q-1. The number of halogens is 1. The monoisotopic (exact) mass is 477 g/mol. The van der Waals surface area contributed by atoms with Crippen molar-refractivity contribution < 1.29 is 33.7 Å². The number of rotatable bonds is 12. The fourth-order valence-electron chi connectivity index (χ4n) is 2.09. The largest absolute Gasteiger partial charge is 0.733 e. The van der Waals surface area contributed by atoms with Gasteiger partial charge in [-0.1, -0.05) is 0 Å². The van der Waals surface area contributed by atoms with E-state index in [2.05, 4.69) is 15.9 Å². The Morgan fingerprint density at radius 1 is 1.14 bits per heavy atom. The molecule has 1 aromatic rings. The number of primary amides is 1. The zero-order chi connectivity index (χ0) is 22.0. The van der Waals surface area contributed by atoms with Crippen LogP contribution in [0.1, 0.15) is 37.6 Å². The van der Waals surface area contributed by atoms with Gasteiger partial charge in [0.25, 0.3) is 0 Å². The van der Waals surface area contributed by atoms with Crippen molar-refractivity contribution in [2.75, 3.05) is 38.3 Å². The van der Waals surface area contributed by atoms with Gasteiger partial charge < -0.3 is 35.1 Å². The van der Waals surface area contributed by atoms with Gasteiger partial charge >= 0.3 is 5.97 Å². The summed E-state index contributed by atoms with van der Waals surface area (Å²) in [7, 11) is 0. The Morgan fingerprint density at radius 3 is 2.28 bits per heavy atom. The van der Waals surface area contributed by atoms with Crippen LogP contribution in [0, 0.1) is 5.21 Å². The number of ether oxygens (including phenoxy) is 4. The number of carbonyl (C=O) groups excluding carboxylic acids is 2. The van der Waals surface area contributed by atoms with Gasteiger partial charge in [-0.3, -0.25) is 14.8 Å². The predicted molar refractivity (Wildman–Crippen MR) is 108 cm³/mol. The molecule has 29 heavy (non-hydrogen) atoms. The molecule has 0 saturated heterocycles. The second-order valence-electron chi connectivity index (χ2n) is 6.85. The molecule has 1 rings (SSSR count). The number of amides is 1. The first-order chi connectivity index (χ1) is 13.5. The third-order valence-electron chi connectivity index (χ3n) is 3.23. The Hall–Kier alpha value is -1.92. The molecule has 10 nitrogen and oxygen atoms in total. The van der Waals surface area contributed by atoms with Crippen molar-refractivity contribution in [2.24, 2.45) is 5.73 Å². The topological polar surface area (TPSA) is 144 Å². The third-order valence-corrected chi connectivity index (χ3v) is 3.84. The average Bonchev–Trinajstić information content (AvgIpc) is 2.57. The molecule has 0 bridgehead atoms. The maximum absolute atomic E-state index is 11.5. The number of hydrogen-bond donors (Lipinski definition) is 2.